The van der Waals surface area contributed by atoms with Crippen LogP contribution < -0.4 is 0 Å². The lowest BCUT2D eigenvalue weighted by Crippen LogP contribution is -2.34. The Bertz CT molecular complexity index is 656. The lowest BCUT2D eigenvalue weighted by Gasteiger charge is -2.25. The number of imidazole rings is 1. The second-order valence-electron chi connectivity index (χ2n) is 5.45. The number of benzene rings is 1. The summed E-state index contributed by atoms with van der Waals surface area (Å²) in [6, 6.07) is 7.55. The summed E-state index contributed by atoms with van der Waals surface area (Å²) >= 11 is 8.95. The average molecular weight is 340 g/mol. The highest BCUT2D eigenvalue weighted by atomic mass is 79.9. The first-order valence-electron chi connectivity index (χ1n) is 6.66. The van der Waals surface area contributed by atoms with Gasteiger partial charge in [-0.15, -0.1) is 0 Å². The van der Waals surface area contributed by atoms with Crippen molar-refractivity contribution in [1.29, 1.82) is 0 Å². The molecule has 5 heteroatoms. The standard InChI is InChI=1S/C14H18BrN3S/c1-9(17(2)11-4-5-11)8-18-13-6-3-10(15)7-12(13)16-14(18)19/h3,6-7,9,11H,4-5,8H2,1-2H3,(H,16,19). The molecule has 1 unspecified atom stereocenters. The van der Waals surface area contributed by atoms with E-state index < -0.39 is 0 Å². The average Bonchev–Trinajstić information content (AvgIpc) is 3.15. The fourth-order valence-electron chi connectivity index (χ4n) is 2.55. The zero-order valence-corrected chi connectivity index (χ0v) is 13.6. The molecule has 1 saturated carbocycles. The van der Waals surface area contributed by atoms with E-state index in [0.717, 1.165) is 27.3 Å². The molecule has 1 atom stereocenters. The number of nitrogens with zero attached hydrogens (tertiary/aromatic N) is 2. The van der Waals surface area contributed by atoms with Crippen LogP contribution in [0.25, 0.3) is 11.0 Å². The van der Waals surface area contributed by atoms with E-state index in [1.807, 2.05) is 0 Å². The Morgan fingerprint density at radius 2 is 2.26 bits per heavy atom. The predicted octanol–water partition coefficient (Wildman–Crippen LogP) is 3.94. The monoisotopic (exact) mass is 339 g/mol. The lowest BCUT2D eigenvalue weighted by molar-refractivity contribution is 0.226. The molecule has 1 aliphatic rings. The van der Waals surface area contributed by atoms with Gasteiger partial charge in [-0.05, 0) is 57.2 Å². The van der Waals surface area contributed by atoms with Gasteiger partial charge in [0.2, 0.25) is 0 Å². The van der Waals surface area contributed by atoms with Gasteiger partial charge in [0.05, 0.1) is 11.0 Å². The van der Waals surface area contributed by atoms with E-state index in [9.17, 15) is 0 Å². The number of nitrogens with one attached hydrogen (secondary N) is 1. The Labute approximate surface area is 126 Å². The Hall–Kier alpha value is -0.650. The first kappa shape index (κ1) is 13.3. The molecule has 102 valence electrons. The van der Waals surface area contributed by atoms with Gasteiger partial charge in [0.1, 0.15) is 0 Å². The highest BCUT2D eigenvalue weighted by molar-refractivity contribution is 9.10. The number of halogens is 1. The van der Waals surface area contributed by atoms with Gasteiger partial charge in [-0.25, -0.2) is 0 Å². The Morgan fingerprint density at radius 1 is 1.53 bits per heavy atom. The summed E-state index contributed by atoms with van der Waals surface area (Å²) in [6.07, 6.45) is 2.68. The van der Waals surface area contributed by atoms with Gasteiger partial charge in [0, 0.05) is 23.1 Å². The van der Waals surface area contributed by atoms with Crippen molar-refractivity contribution in [2.24, 2.45) is 0 Å². The fourth-order valence-corrected chi connectivity index (χ4v) is 3.20. The Morgan fingerprint density at radius 3 is 2.95 bits per heavy atom. The van der Waals surface area contributed by atoms with Crippen LogP contribution in [-0.2, 0) is 6.54 Å². The van der Waals surface area contributed by atoms with Crippen molar-refractivity contribution in [1.82, 2.24) is 14.5 Å². The smallest absolute Gasteiger partial charge is 0.178 e. The van der Waals surface area contributed by atoms with Gasteiger partial charge in [0.15, 0.2) is 4.77 Å². The lowest BCUT2D eigenvalue weighted by atomic mass is 10.2. The molecule has 1 aliphatic carbocycles. The maximum Gasteiger partial charge on any atom is 0.178 e. The normalized spacial score (nSPS) is 17.3. The highest BCUT2D eigenvalue weighted by Gasteiger charge is 2.29. The SMILES string of the molecule is CC(Cn1c(=S)[nH]c2cc(Br)ccc21)N(C)C1CC1. The zero-order valence-electron chi connectivity index (χ0n) is 11.2. The van der Waals surface area contributed by atoms with E-state index in [2.05, 4.69) is 62.6 Å². The van der Waals surface area contributed by atoms with E-state index >= 15 is 0 Å². The van der Waals surface area contributed by atoms with Crippen molar-refractivity contribution in [2.45, 2.75) is 38.4 Å². The number of hydrogen-bond donors (Lipinski definition) is 1. The molecule has 1 N–H and O–H groups in total. The third-order valence-electron chi connectivity index (χ3n) is 4.00. The molecular formula is C14H18BrN3S. The van der Waals surface area contributed by atoms with Crippen LogP contribution in [0.2, 0.25) is 0 Å². The van der Waals surface area contributed by atoms with Crippen LogP contribution in [0, 0.1) is 4.77 Å². The molecule has 0 aliphatic heterocycles. The summed E-state index contributed by atoms with van der Waals surface area (Å²) in [4.78, 5) is 5.76. The van der Waals surface area contributed by atoms with Crippen LogP contribution in [0.4, 0.5) is 0 Å². The summed E-state index contributed by atoms with van der Waals surface area (Å²) in [5, 5.41) is 0. The van der Waals surface area contributed by atoms with E-state index in [-0.39, 0.29) is 0 Å². The number of aromatic amines is 1. The molecule has 0 radical (unpaired) electrons. The maximum atomic E-state index is 5.46. The van der Waals surface area contributed by atoms with Crippen LogP contribution >= 0.6 is 28.1 Å². The van der Waals surface area contributed by atoms with Crippen LogP contribution in [0.15, 0.2) is 22.7 Å². The molecule has 0 amide bonds. The third-order valence-corrected chi connectivity index (χ3v) is 4.82. The molecule has 0 spiro atoms. The second kappa shape index (κ2) is 5.04. The van der Waals surface area contributed by atoms with Crippen LogP contribution in [0.5, 0.6) is 0 Å². The summed E-state index contributed by atoms with van der Waals surface area (Å²) in [5.41, 5.74) is 2.28. The molecule has 3 rings (SSSR count). The topological polar surface area (TPSA) is 24.0 Å². The van der Waals surface area contributed by atoms with Crippen molar-refractivity contribution in [2.75, 3.05) is 7.05 Å². The molecule has 1 fully saturated rings. The molecule has 1 heterocycles. The number of hydrogen-bond acceptors (Lipinski definition) is 2. The first-order valence-corrected chi connectivity index (χ1v) is 7.86. The fraction of sp³-hybridized carbons (Fsp3) is 0.500. The number of likely N-dealkylation sites (N-methyl/N-ethyl adjacent to an activating group) is 1. The molecule has 0 bridgehead atoms. The summed E-state index contributed by atoms with van der Waals surface area (Å²) < 4.78 is 4.09. The second-order valence-corrected chi connectivity index (χ2v) is 6.75. The largest absolute Gasteiger partial charge is 0.331 e. The summed E-state index contributed by atoms with van der Waals surface area (Å²) in [7, 11) is 2.22. The summed E-state index contributed by atoms with van der Waals surface area (Å²) in [6.45, 7) is 3.21. The Balaban J connectivity index is 1.91. The Kier molecular flexibility index (Phi) is 3.53. The van der Waals surface area contributed by atoms with Crippen LogP contribution in [-0.4, -0.2) is 33.6 Å². The third kappa shape index (κ3) is 2.64. The van der Waals surface area contributed by atoms with Gasteiger partial charge in [-0.1, -0.05) is 15.9 Å². The first-order chi connectivity index (χ1) is 9.06. The van der Waals surface area contributed by atoms with Crippen molar-refractivity contribution in [3.05, 3.63) is 27.4 Å². The minimum atomic E-state index is 0.502. The maximum absolute atomic E-state index is 5.46. The number of aromatic nitrogens is 2. The quantitative estimate of drug-likeness (QED) is 0.853. The van der Waals surface area contributed by atoms with Crippen molar-refractivity contribution in [3.8, 4) is 0 Å². The van der Waals surface area contributed by atoms with Gasteiger partial charge < -0.3 is 9.55 Å². The molecule has 1 aromatic heterocycles. The van der Waals surface area contributed by atoms with Gasteiger partial charge in [0.25, 0.3) is 0 Å². The van der Waals surface area contributed by atoms with E-state index in [1.165, 1.54) is 18.4 Å². The molecule has 3 nitrogen and oxygen atoms in total. The molecule has 0 saturated heterocycles. The minimum absolute atomic E-state index is 0.502. The predicted molar refractivity (Wildman–Crippen MR) is 85.1 cm³/mol. The number of fused-ring (bicyclic) bond motifs is 1. The number of rotatable bonds is 4. The molecular weight excluding hydrogens is 322 g/mol. The highest BCUT2D eigenvalue weighted by Crippen LogP contribution is 2.28. The van der Waals surface area contributed by atoms with E-state index in [0.29, 0.717) is 6.04 Å². The van der Waals surface area contributed by atoms with Crippen molar-refractivity contribution < 1.29 is 0 Å². The van der Waals surface area contributed by atoms with Crippen molar-refractivity contribution >= 4 is 39.2 Å². The minimum Gasteiger partial charge on any atom is -0.331 e. The van der Waals surface area contributed by atoms with Crippen LogP contribution in [0.3, 0.4) is 0 Å². The van der Waals surface area contributed by atoms with Gasteiger partial charge in [-0.3, -0.25) is 4.90 Å². The summed E-state index contributed by atoms with van der Waals surface area (Å²) in [5.74, 6) is 0. The van der Waals surface area contributed by atoms with Crippen LogP contribution in [0.1, 0.15) is 19.8 Å². The molecule has 2 aromatic rings. The number of H-pyrrole nitrogens is 1. The van der Waals surface area contributed by atoms with Gasteiger partial charge in [-0.2, -0.15) is 0 Å². The van der Waals surface area contributed by atoms with Gasteiger partial charge >= 0.3 is 0 Å². The van der Waals surface area contributed by atoms with Crippen molar-refractivity contribution in [3.63, 3.8) is 0 Å². The van der Waals surface area contributed by atoms with E-state index in [1.54, 1.807) is 0 Å². The zero-order chi connectivity index (χ0) is 13.6. The molecule has 1 aromatic carbocycles. The molecule has 19 heavy (non-hydrogen) atoms. The van der Waals surface area contributed by atoms with E-state index in [4.69, 9.17) is 12.2 Å².